The van der Waals surface area contributed by atoms with Crippen molar-refractivity contribution in [1.82, 2.24) is 20.8 Å². The van der Waals surface area contributed by atoms with E-state index in [1.807, 2.05) is 90.3 Å². The summed E-state index contributed by atoms with van der Waals surface area (Å²) in [5, 5.41) is 8.55. The van der Waals surface area contributed by atoms with Crippen molar-refractivity contribution in [3.63, 3.8) is 0 Å². The first-order valence-electron chi connectivity index (χ1n) is 16.0. The molecule has 4 rings (SSSR count). The second-order valence-corrected chi connectivity index (χ2v) is 17.0. The fourth-order valence-corrected chi connectivity index (χ4v) is 6.44. The van der Waals surface area contributed by atoms with Crippen molar-refractivity contribution in [3.05, 3.63) is 68.6 Å². The van der Waals surface area contributed by atoms with E-state index in [0.717, 1.165) is 20.1 Å². The molecular formula is C36H50Br2N4O6. The molecule has 264 valence electrons. The summed E-state index contributed by atoms with van der Waals surface area (Å²) >= 11 is 6.85. The summed E-state index contributed by atoms with van der Waals surface area (Å²) in [4.78, 5) is 62.1. The molecule has 2 saturated heterocycles. The van der Waals surface area contributed by atoms with Crippen molar-refractivity contribution >= 4 is 55.5 Å². The first-order chi connectivity index (χ1) is 21.9. The maximum atomic E-state index is 13.0. The quantitative estimate of drug-likeness (QED) is 0.344. The van der Waals surface area contributed by atoms with Gasteiger partial charge in [0, 0.05) is 33.9 Å². The Morgan fingerprint density at radius 3 is 1.15 bits per heavy atom. The van der Waals surface area contributed by atoms with Gasteiger partial charge >= 0.3 is 0 Å². The van der Waals surface area contributed by atoms with Crippen LogP contribution in [0.3, 0.4) is 0 Å². The normalized spacial score (nSPS) is 28.0. The van der Waals surface area contributed by atoms with Gasteiger partial charge in [-0.3, -0.25) is 39.5 Å². The molecule has 4 amide bonds. The second-order valence-electron chi connectivity index (χ2n) is 15.1. The van der Waals surface area contributed by atoms with Crippen LogP contribution in [-0.2, 0) is 28.9 Å². The Kier molecular flexibility index (Phi) is 12.3. The lowest BCUT2D eigenvalue weighted by atomic mass is 9.74. The summed E-state index contributed by atoms with van der Waals surface area (Å²) in [6.07, 6.45) is -0.715. The molecule has 0 saturated carbocycles. The summed E-state index contributed by atoms with van der Waals surface area (Å²) in [6.45, 7) is 18.1. The van der Waals surface area contributed by atoms with Crippen LogP contribution in [0.1, 0.15) is 92.4 Å². The second kappa shape index (κ2) is 14.8. The maximum Gasteiger partial charge on any atom is 0.237 e. The number of hydrogen-bond donors (Lipinski definition) is 2. The average Bonchev–Trinajstić information content (AvgIpc) is 3.35. The molecule has 0 aromatic heterocycles. The Bertz CT molecular complexity index is 1390. The molecule has 2 fully saturated rings. The number of halogens is 2. The van der Waals surface area contributed by atoms with Gasteiger partial charge in [0.25, 0.3) is 0 Å². The Morgan fingerprint density at radius 1 is 0.625 bits per heavy atom. The van der Waals surface area contributed by atoms with E-state index in [1.54, 1.807) is 51.7 Å². The topological polar surface area (TPSA) is 117 Å². The summed E-state index contributed by atoms with van der Waals surface area (Å²) in [6, 6.07) is 15.0. The highest BCUT2D eigenvalue weighted by atomic mass is 79.9. The third-order valence-electron chi connectivity index (χ3n) is 9.37. The lowest BCUT2D eigenvalue weighted by Gasteiger charge is -2.33. The van der Waals surface area contributed by atoms with E-state index in [0.29, 0.717) is 0 Å². The molecule has 6 atom stereocenters. The van der Waals surface area contributed by atoms with E-state index in [2.05, 4.69) is 42.5 Å². The van der Waals surface area contributed by atoms with E-state index >= 15 is 0 Å². The average molecular weight is 795 g/mol. The van der Waals surface area contributed by atoms with Crippen LogP contribution >= 0.6 is 31.9 Å². The summed E-state index contributed by atoms with van der Waals surface area (Å²) in [5.41, 5.74) is -1.11. The molecule has 48 heavy (non-hydrogen) atoms. The van der Waals surface area contributed by atoms with Gasteiger partial charge in [0.2, 0.25) is 23.6 Å². The largest absolute Gasteiger partial charge is 0.295 e. The van der Waals surface area contributed by atoms with Crippen molar-refractivity contribution in [2.24, 2.45) is 21.7 Å². The number of hydrogen-bond acceptors (Lipinski definition) is 8. The van der Waals surface area contributed by atoms with E-state index in [-0.39, 0.29) is 47.9 Å². The van der Waals surface area contributed by atoms with Crippen molar-refractivity contribution in [3.8, 4) is 0 Å². The first kappa shape index (κ1) is 40.0. The fourth-order valence-electron chi connectivity index (χ4n) is 5.91. The van der Waals surface area contributed by atoms with Gasteiger partial charge in [-0.25, -0.2) is 0 Å². The van der Waals surface area contributed by atoms with Gasteiger partial charge in [-0.05, 0) is 63.1 Å². The van der Waals surface area contributed by atoms with Crippen molar-refractivity contribution < 1.29 is 28.9 Å². The first-order valence-corrected chi connectivity index (χ1v) is 17.6. The molecule has 12 heteroatoms. The molecule has 2 aliphatic heterocycles. The van der Waals surface area contributed by atoms with Gasteiger partial charge in [-0.15, -0.1) is 0 Å². The molecular weight excluding hydrogens is 744 g/mol. The van der Waals surface area contributed by atoms with E-state index in [1.165, 1.54) is 0 Å². The minimum absolute atomic E-state index is 0.284. The highest BCUT2D eigenvalue weighted by molar-refractivity contribution is 9.10. The van der Waals surface area contributed by atoms with Crippen molar-refractivity contribution in [2.45, 2.75) is 93.5 Å². The number of nitrogens with zero attached hydrogens (tertiary/aromatic N) is 2. The number of imide groups is 2. The standard InChI is InChI=1S/2C18H25BrN2O3/c2*1-11-18(5,16(23)20-15(22)17(2,3)4)14(21(6)24-11)12-7-9-13(19)10-8-12/h2*7-11,14H,1-6H3,(H,20,22,23)/t2*11-,14-,18-/m10/s1. The van der Waals surface area contributed by atoms with Crippen LogP contribution in [0, 0.1) is 21.7 Å². The van der Waals surface area contributed by atoms with Crippen molar-refractivity contribution in [2.75, 3.05) is 14.1 Å². The minimum Gasteiger partial charge on any atom is -0.295 e. The Hall–Kier alpha value is -2.48. The van der Waals surface area contributed by atoms with E-state index in [4.69, 9.17) is 9.68 Å². The van der Waals surface area contributed by atoms with Crippen LogP contribution in [0.4, 0.5) is 0 Å². The predicted molar refractivity (Wildman–Crippen MR) is 192 cm³/mol. The number of benzene rings is 2. The van der Waals surface area contributed by atoms with Crippen LogP contribution in [0.2, 0.25) is 0 Å². The molecule has 10 nitrogen and oxygen atoms in total. The Morgan fingerprint density at radius 2 is 0.896 bits per heavy atom. The molecule has 2 N–H and O–H groups in total. The van der Waals surface area contributed by atoms with Crippen LogP contribution in [0.25, 0.3) is 0 Å². The van der Waals surface area contributed by atoms with Gasteiger partial charge in [0.1, 0.15) is 0 Å². The molecule has 0 spiro atoms. The number of nitrogens with one attached hydrogen (secondary N) is 2. The SMILES string of the molecule is C[C@@H]1ON(C)[C@@H](c2ccc(Br)cc2)[C@@]1(C)C(=O)NC(=O)C(C)(C)C.C[C@H]1ON(C)[C@H](c2ccc(Br)cc2)[C@]1(C)C(=O)NC(=O)C(C)(C)C. The van der Waals surface area contributed by atoms with E-state index < -0.39 is 21.7 Å². The molecule has 0 bridgehead atoms. The Balaban J connectivity index is 0.000000260. The molecule has 2 heterocycles. The van der Waals surface area contributed by atoms with Gasteiger partial charge in [-0.1, -0.05) is 97.7 Å². The fraction of sp³-hybridized carbons (Fsp3) is 0.556. The van der Waals surface area contributed by atoms with Gasteiger partial charge in [-0.2, -0.15) is 10.1 Å². The molecule has 2 aliphatic rings. The summed E-state index contributed by atoms with van der Waals surface area (Å²) in [5.74, 6) is -1.20. The summed E-state index contributed by atoms with van der Waals surface area (Å²) in [7, 11) is 3.63. The lowest BCUT2D eigenvalue weighted by molar-refractivity contribution is -0.146. The number of carbonyl (C=O) groups is 4. The molecule has 2 aromatic carbocycles. The maximum absolute atomic E-state index is 13.0. The van der Waals surface area contributed by atoms with Gasteiger partial charge in [0.05, 0.1) is 35.1 Å². The number of hydroxylamine groups is 4. The Labute approximate surface area is 301 Å². The highest BCUT2D eigenvalue weighted by Gasteiger charge is 2.57. The predicted octanol–water partition coefficient (Wildman–Crippen LogP) is 6.90. The highest BCUT2D eigenvalue weighted by Crippen LogP contribution is 2.49. The van der Waals surface area contributed by atoms with Crippen LogP contribution in [0.15, 0.2) is 57.5 Å². The van der Waals surface area contributed by atoms with Crippen molar-refractivity contribution in [1.29, 1.82) is 0 Å². The molecule has 2 aromatic rings. The zero-order valence-electron chi connectivity index (χ0n) is 30.0. The zero-order valence-corrected chi connectivity index (χ0v) is 33.2. The molecule has 0 radical (unpaired) electrons. The van der Waals surface area contributed by atoms with E-state index in [9.17, 15) is 19.2 Å². The summed E-state index contributed by atoms with van der Waals surface area (Å²) < 4.78 is 1.94. The molecule has 0 unspecified atom stereocenters. The van der Waals surface area contributed by atoms with Crippen LogP contribution in [-0.4, -0.2) is 60.1 Å². The number of rotatable bonds is 4. The van der Waals surface area contributed by atoms with Gasteiger partial charge in [0.15, 0.2) is 0 Å². The van der Waals surface area contributed by atoms with Crippen LogP contribution in [0.5, 0.6) is 0 Å². The molecule has 0 aliphatic carbocycles. The van der Waals surface area contributed by atoms with Crippen LogP contribution < -0.4 is 10.6 Å². The lowest BCUT2D eigenvalue weighted by Crippen LogP contribution is -2.51. The third-order valence-corrected chi connectivity index (χ3v) is 10.4. The monoisotopic (exact) mass is 792 g/mol. The third kappa shape index (κ3) is 8.27. The smallest absolute Gasteiger partial charge is 0.237 e. The number of carbonyl (C=O) groups excluding carboxylic acids is 4. The van der Waals surface area contributed by atoms with Gasteiger partial charge < -0.3 is 0 Å². The number of amides is 4. The zero-order chi connectivity index (χ0) is 36.6. The minimum atomic E-state index is -0.885.